The van der Waals surface area contributed by atoms with E-state index in [2.05, 4.69) is 0 Å². The van der Waals surface area contributed by atoms with E-state index in [9.17, 15) is 36.7 Å². The maximum atomic E-state index is 14.0. The number of hydrogen-bond acceptors (Lipinski definition) is 9. The zero-order valence-corrected chi connectivity index (χ0v) is 29.7. The number of amides is 2. The van der Waals surface area contributed by atoms with Crippen LogP contribution < -0.4 is 5.73 Å². The lowest BCUT2D eigenvalue weighted by molar-refractivity contribution is -0.131. The Morgan fingerprint density at radius 3 is 2.00 bits per heavy atom. The summed E-state index contributed by atoms with van der Waals surface area (Å²) in [5.74, 6) is -5.14. The van der Waals surface area contributed by atoms with Gasteiger partial charge in [-0.25, -0.2) is 26.9 Å². The second kappa shape index (κ2) is 15.9. The first-order chi connectivity index (χ1) is 24.3. The van der Waals surface area contributed by atoms with Crippen molar-refractivity contribution in [2.24, 2.45) is 11.7 Å². The average Bonchev–Trinajstić information content (AvgIpc) is 3.58. The molecule has 1 aromatic heterocycles. The lowest BCUT2D eigenvalue weighted by Crippen LogP contribution is -2.49. The molecule has 0 saturated heterocycles. The Labute approximate surface area is 299 Å². The molecule has 3 aromatic carbocycles. The van der Waals surface area contributed by atoms with Crippen molar-refractivity contribution in [1.29, 1.82) is 0 Å². The van der Waals surface area contributed by atoms with Crippen LogP contribution in [0.15, 0.2) is 102 Å². The number of imide groups is 1. The molecule has 4 aromatic rings. The van der Waals surface area contributed by atoms with Gasteiger partial charge in [0.15, 0.2) is 5.78 Å². The third-order valence-electron chi connectivity index (χ3n) is 8.95. The Kier molecular flexibility index (Phi) is 11.8. The molecule has 10 nitrogen and oxygen atoms in total. The summed E-state index contributed by atoms with van der Waals surface area (Å²) in [6.07, 6.45) is -1.95. The lowest BCUT2D eigenvalue weighted by Gasteiger charge is -2.39. The molecule has 1 heterocycles. The van der Waals surface area contributed by atoms with Gasteiger partial charge >= 0.3 is 6.09 Å². The van der Waals surface area contributed by atoms with E-state index in [0.717, 1.165) is 38.8 Å². The van der Waals surface area contributed by atoms with Crippen molar-refractivity contribution < 1.29 is 41.4 Å². The molecular weight excluding hydrogens is 701 g/mol. The van der Waals surface area contributed by atoms with Gasteiger partial charge in [-0.15, -0.1) is 11.3 Å². The molecule has 1 fully saturated rings. The second-order valence-corrected chi connectivity index (χ2v) is 15.6. The fourth-order valence-electron chi connectivity index (χ4n) is 6.29. The highest BCUT2D eigenvalue weighted by atomic mass is 32.2. The van der Waals surface area contributed by atoms with E-state index >= 15 is 0 Å². The summed E-state index contributed by atoms with van der Waals surface area (Å²) >= 11 is 1.05. The Morgan fingerprint density at radius 1 is 0.941 bits per heavy atom. The van der Waals surface area contributed by atoms with Crippen LogP contribution in [0.3, 0.4) is 0 Å². The molecule has 0 unspecified atom stereocenters. The number of sulfonamides is 1. The third kappa shape index (κ3) is 8.59. The molecule has 2 atom stereocenters. The van der Waals surface area contributed by atoms with Crippen molar-refractivity contribution in [2.45, 2.75) is 55.1 Å². The van der Waals surface area contributed by atoms with Gasteiger partial charge in [0.05, 0.1) is 37.2 Å². The van der Waals surface area contributed by atoms with Crippen LogP contribution in [0.4, 0.5) is 13.6 Å². The molecule has 14 heteroatoms. The highest BCUT2D eigenvalue weighted by Crippen LogP contribution is 2.45. The van der Waals surface area contributed by atoms with E-state index in [0.29, 0.717) is 15.3 Å². The summed E-state index contributed by atoms with van der Waals surface area (Å²) in [6, 6.07) is 24.4. The maximum Gasteiger partial charge on any atom is 0.416 e. The number of aliphatic hydroxyl groups is 1. The second-order valence-electron chi connectivity index (χ2n) is 12.5. The highest BCUT2D eigenvalue weighted by molar-refractivity contribution is 7.89. The van der Waals surface area contributed by atoms with Gasteiger partial charge in [-0.05, 0) is 48.2 Å². The number of carbonyl (C=O) groups excluding carboxylic acids is 3. The molecule has 1 saturated carbocycles. The molecular formula is C37H39F2N3O7S2. The number of methoxy groups -OCH3 is 1. The topological polar surface area (TPSA) is 147 Å². The Morgan fingerprint density at radius 2 is 1.51 bits per heavy atom. The third-order valence-corrected chi connectivity index (χ3v) is 12.0. The molecule has 2 amide bonds. The first-order valence-electron chi connectivity index (χ1n) is 16.2. The number of thiophene rings is 1. The van der Waals surface area contributed by atoms with Gasteiger partial charge in [0.25, 0.3) is 0 Å². The molecule has 51 heavy (non-hydrogen) atoms. The van der Waals surface area contributed by atoms with Gasteiger partial charge in [-0.2, -0.15) is 4.31 Å². The minimum Gasteiger partial charge on any atom is -0.452 e. The number of ether oxygens (including phenoxy) is 1. The molecule has 5 rings (SSSR count). The number of carbonyl (C=O) groups is 3. The van der Waals surface area contributed by atoms with Gasteiger partial charge in [0, 0.05) is 40.6 Å². The predicted molar refractivity (Wildman–Crippen MR) is 188 cm³/mol. The van der Waals surface area contributed by atoms with E-state index in [4.69, 9.17) is 10.5 Å². The number of nitrogens with two attached hydrogens (primary N) is 1. The number of rotatable bonds is 14. The van der Waals surface area contributed by atoms with E-state index < -0.39 is 71.3 Å². The van der Waals surface area contributed by atoms with Crippen LogP contribution in [-0.4, -0.2) is 72.7 Å². The number of alkyl halides is 2. The number of aliphatic hydroxyl groups excluding tert-OH is 1. The van der Waals surface area contributed by atoms with Gasteiger partial charge in [-0.1, -0.05) is 72.8 Å². The highest BCUT2D eigenvalue weighted by Gasteiger charge is 2.48. The fraction of sp³-hybridized carbons (Fsp3) is 0.324. The van der Waals surface area contributed by atoms with Crippen LogP contribution in [0.1, 0.15) is 63.0 Å². The van der Waals surface area contributed by atoms with E-state index in [1.807, 2.05) is 60.7 Å². The summed E-state index contributed by atoms with van der Waals surface area (Å²) in [6.45, 7) is 0.101. The summed E-state index contributed by atoms with van der Waals surface area (Å²) in [7, 11) is -3.22. The molecule has 0 aliphatic heterocycles. The van der Waals surface area contributed by atoms with Crippen molar-refractivity contribution >= 4 is 39.1 Å². The van der Waals surface area contributed by atoms with Crippen LogP contribution in [0.5, 0.6) is 0 Å². The van der Waals surface area contributed by atoms with Gasteiger partial charge in [0.1, 0.15) is 0 Å². The average molecular weight is 740 g/mol. The van der Waals surface area contributed by atoms with E-state index in [-0.39, 0.29) is 23.8 Å². The van der Waals surface area contributed by atoms with Crippen LogP contribution in [0.25, 0.3) is 0 Å². The standard InChI is InChI=1S/C37H39F2N3O7S2/c1-24(44)26-13-16-30(17-14-26)51(47,48)42(21-25-19-37(38,39)20-25)31(23-43)32-18-15-29(50-32)22-41(36(46)49-2)35(45)34(40)33(27-9-5-3-6-10-27)28-11-7-4-8-12-28/h3-18,25,31,33-34,43H,19-23,40H2,1-2H3/t31-,34+/m1/s1. The van der Waals surface area contributed by atoms with Crippen molar-refractivity contribution in [3.05, 3.63) is 124 Å². The molecule has 270 valence electrons. The zero-order valence-electron chi connectivity index (χ0n) is 28.0. The summed E-state index contributed by atoms with van der Waals surface area (Å²) in [4.78, 5) is 40.4. The fourth-order valence-corrected chi connectivity index (χ4v) is 9.13. The van der Waals surface area contributed by atoms with Crippen LogP contribution in [0.2, 0.25) is 0 Å². The number of benzene rings is 3. The number of hydrogen-bond donors (Lipinski definition) is 2. The number of ketones is 1. The van der Waals surface area contributed by atoms with Crippen LogP contribution in [-0.2, 0) is 26.1 Å². The van der Waals surface area contributed by atoms with Crippen LogP contribution >= 0.6 is 11.3 Å². The number of nitrogens with zero attached hydrogens (tertiary/aromatic N) is 2. The molecule has 0 spiro atoms. The van der Waals surface area contributed by atoms with Gasteiger partial charge < -0.3 is 15.6 Å². The predicted octanol–water partition coefficient (Wildman–Crippen LogP) is 5.97. The van der Waals surface area contributed by atoms with Crippen molar-refractivity contribution in [2.75, 3.05) is 20.3 Å². The Balaban J connectivity index is 1.44. The SMILES string of the molecule is COC(=O)N(Cc1ccc([C@@H](CO)N(CC2CC(F)(F)C2)S(=O)(=O)c2ccc(C(C)=O)cc2)s1)C(=O)[C@@H](N)C(c1ccccc1)c1ccccc1. The largest absolute Gasteiger partial charge is 0.452 e. The van der Waals surface area contributed by atoms with Gasteiger partial charge in [-0.3, -0.25) is 9.59 Å². The normalized spacial score (nSPS) is 15.6. The summed E-state index contributed by atoms with van der Waals surface area (Å²) in [5.41, 5.74) is 8.45. The molecule has 3 N–H and O–H groups in total. The number of halogens is 2. The van der Waals surface area contributed by atoms with Crippen LogP contribution in [0, 0.1) is 5.92 Å². The molecule has 0 radical (unpaired) electrons. The Bertz CT molecular complexity index is 1890. The van der Waals surface area contributed by atoms with Crippen molar-refractivity contribution in [1.82, 2.24) is 9.21 Å². The maximum absolute atomic E-state index is 14.0. The number of Topliss-reactive ketones (excluding diaryl/α,β-unsaturated/α-hetero) is 1. The molecule has 1 aliphatic carbocycles. The minimum atomic E-state index is -4.36. The first-order valence-corrected chi connectivity index (χ1v) is 18.5. The van der Waals surface area contributed by atoms with E-state index in [1.54, 1.807) is 12.1 Å². The summed E-state index contributed by atoms with van der Waals surface area (Å²) < 4.78 is 61.7. The molecule has 1 aliphatic rings. The van der Waals surface area contributed by atoms with Crippen molar-refractivity contribution in [3.63, 3.8) is 0 Å². The monoisotopic (exact) mass is 739 g/mol. The smallest absolute Gasteiger partial charge is 0.416 e. The lowest BCUT2D eigenvalue weighted by atomic mass is 9.81. The van der Waals surface area contributed by atoms with Gasteiger partial charge in [0.2, 0.25) is 21.9 Å². The quantitative estimate of drug-likeness (QED) is 0.150. The summed E-state index contributed by atoms with van der Waals surface area (Å²) in [5, 5.41) is 10.6. The molecule has 0 bridgehead atoms. The first kappa shape index (κ1) is 37.9. The minimum absolute atomic E-state index is 0.170. The van der Waals surface area contributed by atoms with Crippen molar-refractivity contribution in [3.8, 4) is 0 Å². The Hall–Kier alpha value is -4.34. The zero-order chi connectivity index (χ0) is 36.9. The van der Waals surface area contributed by atoms with E-state index in [1.165, 1.54) is 31.2 Å².